The third-order valence-corrected chi connectivity index (χ3v) is 2.47. The number of aryl methyl sites for hydroxylation is 1. The normalized spacial score (nSPS) is 11.6. The van der Waals surface area contributed by atoms with Crippen molar-refractivity contribution in [1.82, 2.24) is 5.32 Å². The molecule has 0 aliphatic carbocycles. The summed E-state index contributed by atoms with van der Waals surface area (Å²) in [6, 6.07) is 3.93. The van der Waals surface area contributed by atoms with Crippen LogP contribution in [-0.4, -0.2) is 18.8 Å². The Kier molecular flexibility index (Phi) is 3.37. The predicted octanol–water partition coefficient (Wildman–Crippen LogP) is 3.43. The van der Waals surface area contributed by atoms with E-state index in [0.717, 1.165) is 10.9 Å². The molecule has 2 aromatic rings. The van der Waals surface area contributed by atoms with Crippen LogP contribution < -0.4 is 10.6 Å². The van der Waals surface area contributed by atoms with Crippen LogP contribution in [0.15, 0.2) is 28.9 Å². The molecule has 1 aromatic carbocycles. The third-order valence-electron chi connectivity index (χ3n) is 2.47. The van der Waals surface area contributed by atoms with E-state index in [1.165, 1.54) is 0 Å². The summed E-state index contributed by atoms with van der Waals surface area (Å²) in [5.41, 5.74) is 1.93. The number of hydrogen-bond acceptors (Lipinski definition) is 2. The molecule has 0 spiro atoms. The molecule has 7 heteroatoms. The smallest absolute Gasteiger partial charge is 0.405 e. The maximum atomic E-state index is 11.9. The van der Waals surface area contributed by atoms with E-state index >= 15 is 0 Å². The van der Waals surface area contributed by atoms with Gasteiger partial charge in [-0.2, -0.15) is 13.2 Å². The molecule has 2 amide bonds. The van der Waals surface area contributed by atoms with Crippen LogP contribution in [0.3, 0.4) is 0 Å². The molecule has 2 rings (SSSR count). The first-order valence-electron chi connectivity index (χ1n) is 5.44. The summed E-state index contributed by atoms with van der Waals surface area (Å²) >= 11 is 0. The van der Waals surface area contributed by atoms with Gasteiger partial charge in [-0.15, -0.1) is 0 Å². The van der Waals surface area contributed by atoms with Crippen molar-refractivity contribution in [2.45, 2.75) is 13.1 Å². The fourth-order valence-electron chi connectivity index (χ4n) is 1.59. The zero-order valence-corrected chi connectivity index (χ0v) is 9.97. The van der Waals surface area contributed by atoms with E-state index in [1.54, 1.807) is 29.8 Å². The summed E-state index contributed by atoms with van der Waals surface area (Å²) in [6.45, 7) is 0.463. The monoisotopic (exact) mass is 272 g/mol. The topological polar surface area (TPSA) is 54.3 Å². The first kappa shape index (κ1) is 13.3. The van der Waals surface area contributed by atoms with E-state index in [4.69, 9.17) is 4.42 Å². The molecule has 0 unspecified atom stereocenters. The predicted molar refractivity (Wildman–Crippen MR) is 64.0 cm³/mol. The summed E-state index contributed by atoms with van der Waals surface area (Å²) in [5, 5.41) is 4.86. The van der Waals surface area contributed by atoms with Crippen molar-refractivity contribution in [1.29, 1.82) is 0 Å². The average molecular weight is 272 g/mol. The first-order valence-corrected chi connectivity index (χ1v) is 5.44. The molecule has 19 heavy (non-hydrogen) atoms. The number of amides is 2. The minimum Gasteiger partial charge on any atom is -0.464 e. The number of halogens is 3. The third kappa shape index (κ3) is 3.40. The van der Waals surface area contributed by atoms with Gasteiger partial charge in [-0.25, -0.2) is 4.79 Å². The van der Waals surface area contributed by atoms with Gasteiger partial charge in [0.1, 0.15) is 12.1 Å². The van der Waals surface area contributed by atoms with Gasteiger partial charge in [-0.3, -0.25) is 0 Å². The molecule has 1 heterocycles. The lowest BCUT2D eigenvalue weighted by Gasteiger charge is -2.09. The van der Waals surface area contributed by atoms with Crippen molar-refractivity contribution in [3.05, 3.63) is 30.0 Å². The number of carbonyl (C=O) groups is 1. The van der Waals surface area contributed by atoms with Gasteiger partial charge in [0, 0.05) is 11.1 Å². The molecule has 0 aliphatic heterocycles. The zero-order chi connectivity index (χ0) is 14.0. The fourth-order valence-corrected chi connectivity index (χ4v) is 1.59. The molecule has 0 saturated heterocycles. The Balaban J connectivity index is 2.04. The van der Waals surface area contributed by atoms with Crippen LogP contribution in [0.25, 0.3) is 11.0 Å². The number of nitrogens with one attached hydrogen (secondary N) is 2. The number of fused-ring (bicyclic) bond motifs is 1. The SMILES string of the molecule is Cc1coc2ccc(NC(=O)NCC(F)(F)F)cc12. The van der Waals surface area contributed by atoms with Gasteiger partial charge in [0.15, 0.2) is 0 Å². The minimum absolute atomic E-state index is 0.400. The molecule has 2 N–H and O–H groups in total. The maximum absolute atomic E-state index is 11.9. The molecule has 102 valence electrons. The second-order valence-corrected chi connectivity index (χ2v) is 4.05. The van der Waals surface area contributed by atoms with Gasteiger partial charge in [0.25, 0.3) is 0 Å². The summed E-state index contributed by atoms with van der Waals surface area (Å²) in [5.74, 6) is 0. The molecular formula is C12H11F3N2O2. The van der Waals surface area contributed by atoms with Crippen LogP contribution in [-0.2, 0) is 0 Å². The summed E-state index contributed by atoms with van der Waals surface area (Å²) in [7, 11) is 0. The molecule has 0 saturated carbocycles. The van der Waals surface area contributed by atoms with E-state index in [-0.39, 0.29) is 0 Å². The van der Waals surface area contributed by atoms with Gasteiger partial charge in [0.2, 0.25) is 0 Å². The van der Waals surface area contributed by atoms with Crippen molar-refractivity contribution in [3.8, 4) is 0 Å². The number of rotatable bonds is 2. The highest BCUT2D eigenvalue weighted by Crippen LogP contribution is 2.23. The van der Waals surface area contributed by atoms with Crippen molar-refractivity contribution in [3.63, 3.8) is 0 Å². The number of furan rings is 1. The molecule has 1 aromatic heterocycles. The quantitative estimate of drug-likeness (QED) is 0.880. The Morgan fingerprint density at radius 1 is 1.37 bits per heavy atom. The lowest BCUT2D eigenvalue weighted by Crippen LogP contribution is -2.36. The van der Waals surface area contributed by atoms with Gasteiger partial charge in [0.05, 0.1) is 6.26 Å². The molecule has 0 bridgehead atoms. The largest absolute Gasteiger partial charge is 0.464 e. The van der Waals surface area contributed by atoms with Crippen LogP contribution in [0, 0.1) is 6.92 Å². The second-order valence-electron chi connectivity index (χ2n) is 4.05. The van der Waals surface area contributed by atoms with E-state index in [9.17, 15) is 18.0 Å². The highest BCUT2D eigenvalue weighted by molar-refractivity contribution is 5.93. The van der Waals surface area contributed by atoms with Crippen LogP contribution >= 0.6 is 0 Å². The van der Waals surface area contributed by atoms with Gasteiger partial charge in [-0.1, -0.05) is 0 Å². The number of benzene rings is 1. The van der Waals surface area contributed by atoms with Gasteiger partial charge >= 0.3 is 12.2 Å². The maximum Gasteiger partial charge on any atom is 0.405 e. The average Bonchev–Trinajstić information content (AvgIpc) is 2.68. The Bertz CT molecular complexity index is 605. The Hall–Kier alpha value is -2.18. The highest BCUT2D eigenvalue weighted by Gasteiger charge is 2.27. The Labute approximate surface area is 106 Å². The van der Waals surface area contributed by atoms with Crippen LogP contribution in [0.2, 0.25) is 0 Å². The highest BCUT2D eigenvalue weighted by atomic mass is 19.4. The minimum atomic E-state index is -4.43. The Morgan fingerprint density at radius 2 is 2.11 bits per heavy atom. The van der Waals surface area contributed by atoms with Crippen LogP contribution in [0.1, 0.15) is 5.56 Å². The van der Waals surface area contributed by atoms with Crippen LogP contribution in [0.5, 0.6) is 0 Å². The molecule has 0 aliphatic rings. The number of alkyl halides is 3. The first-order chi connectivity index (χ1) is 8.85. The molecule has 0 radical (unpaired) electrons. The Morgan fingerprint density at radius 3 is 2.79 bits per heavy atom. The van der Waals surface area contributed by atoms with Crippen molar-refractivity contribution >= 4 is 22.7 Å². The zero-order valence-electron chi connectivity index (χ0n) is 9.97. The molecule has 0 atom stereocenters. The lowest BCUT2D eigenvalue weighted by molar-refractivity contribution is -0.122. The van der Waals surface area contributed by atoms with E-state index < -0.39 is 18.8 Å². The van der Waals surface area contributed by atoms with E-state index in [2.05, 4.69) is 5.32 Å². The summed E-state index contributed by atoms with van der Waals surface area (Å²) in [6.07, 6.45) is -2.86. The summed E-state index contributed by atoms with van der Waals surface area (Å²) in [4.78, 5) is 11.3. The van der Waals surface area contributed by atoms with Crippen molar-refractivity contribution in [2.75, 3.05) is 11.9 Å². The summed E-state index contributed by atoms with van der Waals surface area (Å²) < 4.78 is 41.0. The van der Waals surface area contributed by atoms with E-state index in [1.807, 2.05) is 6.92 Å². The molecule has 0 fully saturated rings. The fraction of sp³-hybridized carbons (Fsp3) is 0.250. The lowest BCUT2D eigenvalue weighted by atomic mass is 10.2. The van der Waals surface area contributed by atoms with Crippen LogP contribution in [0.4, 0.5) is 23.7 Å². The number of hydrogen-bond donors (Lipinski definition) is 2. The van der Waals surface area contributed by atoms with E-state index in [0.29, 0.717) is 11.3 Å². The molecule has 4 nitrogen and oxygen atoms in total. The number of carbonyl (C=O) groups excluding carboxylic acids is 1. The second kappa shape index (κ2) is 4.83. The van der Waals surface area contributed by atoms with Gasteiger partial charge < -0.3 is 15.1 Å². The van der Waals surface area contributed by atoms with Crippen molar-refractivity contribution in [2.24, 2.45) is 0 Å². The van der Waals surface area contributed by atoms with Gasteiger partial charge in [-0.05, 0) is 30.7 Å². The number of anilines is 1. The standard InChI is InChI=1S/C12H11F3N2O2/c1-7-5-19-10-3-2-8(4-9(7)10)17-11(18)16-6-12(13,14)15/h2-5H,6H2,1H3,(H2,16,17,18). The molecular weight excluding hydrogens is 261 g/mol. The van der Waals surface area contributed by atoms with Crippen molar-refractivity contribution < 1.29 is 22.4 Å². The number of urea groups is 1.